The topological polar surface area (TPSA) is 33.1 Å². The van der Waals surface area contributed by atoms with Gasteiger partial charge in [-0.25, -0.2) is 0 Å². The number of aryl methyl sites for hydroxylation is 1. The van der Waals surface area contributed by atoms with E-state index in [1.165, 1.54) is 0 Å². The Morgan fingerprint density at radius 3 is 2.65 bits per heavy atom. The monoisotopic (exact) mass is 327 g/mol. The Hall–Kier alpha value is -1.71. The van der Waals surface area contributed by atoms with Gasteiger partial charge < -0.3 is 5.11 Å². The molecule has 0 bridgehead atoms. The van der Waals surface area contributed by atoms with Crippen LogP contribution >= 0.6 is 15.9 Å². The molecule has 0 aliphatic rings. The lowest BCUT2D eigenvalue weighted by molar-refractivity contribution is 0.221. The summed E-state index contributed by atoms with van der Waals surface area (Å²) < 4.78 is 0.915. The third-order valence-electron chi connectivity index (χ3n) is 3.41. The van der Waals surface area contributed by atoms with Crippen LogP contribution in [-0.4, -0.2) is 10.1 Å². The molecule has 0 saturated heterocycles. The minimum absolute atomic E-state index is 0.691. The van der Waals surface area contributed by atoms with Gasteiger partial charge in [0.05, 0.1) is 5.52 Å². The lowest BCUT2D eigenvalue weighted by Crippen LogP contribution is -2.02. The number of fused-ring (bicyclic) bond motifs is 1. The van der Waals surface area contributed by atoms with Gasteiger partial charge in [0.15, 0.2) is 0 Å². The molecule has 2 aromatic carbocycles. The third-order valence-corrected chi connectivity index (χ3v) is 4.10. The Labute approximate surface area is 126 Å². The summed E-state index contributed by atoms with van der Waals surface area (Å²) in [5, 5.41) is 11.7. The Morgan fingerprint density at radius 1 is 1.05 bits per heavy atom. The molecule has 0 radical (unpaired) electrons. The van der Waals surface area contributed by atoms with Crippen molar-refractivity contribution in [2.75, 3.05) is 0 Å². The maximum absolute atomic E-state index is 10.7. The summed E-state index contributed by atoms with van der Waals surface area (Å²) in [6.07, 6.45) is 1.06. The first-order chi connectivity index (χ1) is 9.66. The first kappa shape index (κ1) is 13.3. The molecular formula is C17H14BrNO. The van der Waals surface area contributed by atoms with E-state index in [1.807, 2.05) is 55.5 Å². The fraction of sp³-hybridized carbons (Fsp3) is 0.118. The largest absolute Gasteiger partial charge is 0.384 e. The van der Waals surface area contributed by atoms with Crippen LogP contribution in [-0.2, 0) is 0 Å². The number of benzene rings is 2. The number of para-hydroxylation sites is 1. The van der Waals surface area contributed by atoms with E-state index >= 15 is 0 Å². The van der Waals surface area contributed by atoms with Crippen molar-refractivity contribution < 1.29 is 5.11 Å². The zero-order valence-electron chi connectivity index (χ0n) is 11.0. The van der Waals surface area contributed by atoms with E-state index in [9.17, 15) is 5.11 Å². The molecule has 0 saturated carbocycles. The molecule has 3 heteroatoms. The van der Waals surface area contributed by atoms with Crippen LogP contribution in [0.3, 0.4) is 0 Å². The molecule has 0 aliphatic carbocycles. The smallest absolute Gasteiger partial charge is 0.107 e. The van der Waals surface area contributed by atoms with Gasteiger partial charge in [0, 0.05) is 21.6 Å². The van der Waals surface area contributed by atoms with E-state index in [-0.39, 0.29) is 0 Å². The second-order valence-electron chi connectivity index (χ2n) is 4.85. The summed E-state index contributed by atoms with van der Waals surface area (Å²) in [4.78, 5) is 4.40. The highest BCUT2D eigenvalue weighted by Crippen LogP contribution is 2.32. The number of hydrogen-bond acceptors (Lipinski definition) is 2. The zero-order valence-corrected chi connectivity index (χ0v) is 12.6. The lowest BCUT2D eigenvalue weighted by Gasteiger charge is -2.15. The summed E-state index contributed by atoms with van der Waals surface area (Å²) in [6.45, 7) is 2.03. The Balaban J connectivity index is 2.15. The van der Waals surface area contributed by atoms with Gasteiger partial charge in [0.2, 0.25) is 0 Å². The molecule has 0 spiro atoms. The highest BCUT2D eigenvalue weighted by Gasteiger charge is 2.16. The summed E-state index contributed by atoms with van der Waals surface area (Å²) >= 11 is 3.53. The molecule has 100 valence electrons. The van der Waals surface area contributed by atoms with Gasteiger partial charge in [-0.2, -0.15) is 0 Å². The van der Waals surface area contributed by atoms with E-state index < -0.39 is 6.10 Å². The molecule has 20 heavy (non-hydrogen) atoms. The minimum atomic E-state index is -0.691. The normalized spacial score (nSPS) is 12.6. The van der Waals surface area contributed by atoms with Crippen LogP contribution in [0.1, 0.15) is 22.8 Å². The van der Waals surface area contributed by atoms with Crippen molar-refractivity contribution in [1.82, 2.24) is 4.98 Å². The molecule has 1 atom stereocenters. The number of aromatic nitrogens is 1. The molecule has 3 rings (SSSR count). The van der Waals surface area contributed by atoms with Gasteiger partial charge in [0.25, 0.3) is 0 Å². The van der Waals surface area contributed by atoms with Crippen LogP contribution in [0.2, 0.25) is 0 Å². The third kappa shape index (κ3) is 2.35. The number of aliphatic hydroxyl groups is 1. The standard InChI is InChI=1S/C17H14BrNO/c1-11-7-8-13(15(18)10-11)17(20)14-6-2-4-12-5-3-9-19-16(12)14/h2-10,17,20H,1H3. The van der Waals surface area contributed by atoms with Crippen molar-refractivity contribution >= 4 is 26.8 Å². The fourth-order valence-electron chi connectivity index (χ4n) is 2.37. The minimum Gasteiger partial charge on any atom is -0.384 e. The predicted molar refractivity (Wildman–Crippen MR) is 84.7 cm³/mol. The van der Waals surface area contributed by atoms with Gasteiger partial charge in [-0.1, -0.05) is 52.3 Å². The predicted octanol–water partition coefficient (Wildman–Crippen LogP) is 4.39. The molecule has 1 heterocycles. The highest BCUT2D eigenvalue weighted by molar-refractivity contribution is 9.10. The summed E-state index contributed by atoms with van der Waals surface area (Å²) in [5.74, 6) is 0. The van der Waals surface area contributed by atoms with Crippen molar-refractivity contribution in [3.05, 3.63) is 75.9 Å². The molecule has 0 amide bonds. The van der Waals surface area contributed by atoms with Gasteiger partial charge in [-0.05, 0) is 30.2 Å². The van der Waals surface area contributed by atoms with Crippen molar-refractivity contribution in [2.24, 2.45) is 0 Å². The van der Waals surface area contributed by atoms with Gasteiger partial charge in [-0.15, -0.1) is 0 Å². The quantitative estimate of drug-likeness (QED) is 0.757. The molecule has 3 aromatic rings. The number of rotatable bonds is 2. The molecule has 0 fully saturated rings. The summed E-state index contributed by atoms with van der Waals surface area (Å²) in [6, 6.07) is 15.7. The van der Waals surface area contributed by atoms with Crippen molar-refractivity contribution in [2.45, 2.75) is 13.0 Å². The Morgan fingerprint density at radius 2 is 1.85 bits per heavy atom. The molecule has 1 N–H and O–H groups in total. The van der Waals surface area contributed by atoms with E-state index in [4.69, 9.17) is 0 Å². The molecule has 0 aliphatic heterocycles. The number of halogens is 1. The maximum Gasteiger partial charge on any atom is 0.107 e. The summed E-state index contributed by atoms with van der Waals surface area (Å²) in [7, 11) is 0. The van der Waals surface area contributed by atoms with Crippen LogP contribution in [0, 0.1) is 6.92 Å². The lowest BCUT2D eigenvalue weighted by atomic mass is 9.98. The maximum atomic E-state index is 10.7. The van der Waals surface area contributed by atoms with Crippen LogP contribution in [0.5, 0.6) is 0 Å². The van der Waals surface area contributed by atoms with Crippen LogP contribution in [0.25, 0.3) is 10.9 Å². The van der Waals surface area contributed by atoms with Crippen LogP contribution in [0.15, 0.2) is 59.2 Å². The molecular weight excluding hydrogens is 314 g/mol. The van der Waals surface area contributed by atoms with E-state index in [0.717, 1.165) is 32.1 Å². The molecule has 1 unspecified atom stereocenters. The Kier molecular flexibility index (Phi) is 3.55. The van der Waals surface area contributed by atoms with Gasteiger partial charge in [-0.3, -0.25) is 4.98 Å². The number of aliphatic hydroxyl groups excluding tert-OH is 1. The van der Waals surface area contributed by atoms with Crippen LogP contribution < -0.4 is 0 Å². The summed E-state index contributed by atoms with van der Waals surface area (Å²) in [5.41, 5.74) is 3.68. The fourth-order valence-corrected chi connectivity index (χ4v) is 3.08. The number of hydrogen-bond donors (Lipinski definition) is 1. The first-order valence-corrected chi connectivity index (χ1v) is 7.24. The van der Waals surface area contributed by atoms with Gasteiger partial charge >= 0.3 is 0 Å². The number of pyridine rings is 1. The van der Waals surface area contributed by atoms with Crippen molar-refractivity contribution in [1.29, 1.82) is 0 Å². The first-order valence-electron chi connectivity index (χ1n) is 6.44. The van der Waals surface area contributed by atoms with Gasteiger partial charge in [0.1, 0.15) is 6.10 Å². The van der Waals surface area contributed by atoms with E-state index in [2.05, 4.69) is 20.9 Å². The number of nitrogens with zero attached hydrogens (tertiary/aromatic N) is 1. The average molecular weight is 328 g/mol. The highest BCUT2D eigenvalue weighted by atomic mass is 79.9. The second-order valence-corrected chi connectivity index (χ2v) is 5.70. The van der Waals surface area contributed by atoms with Crippen LogP contribution in [0.4, 0.5) is 0 Å². The van der Waals surface area contributed by atoms with E-state index in [1.54, 1.807) is 6.20 Å². The second kappa shape index (κ2) is 5.35. The SMILES string of the molecule is Cc1ccc(C(O)c2cccc3cccnc23)c(Br)c1. The molecule has 1 aromatic heterocycles. The average Bonchev–Trinajstić information content (AvgIpc) is 2.46. The molecule has 2 nitrogen and oxygen atoms in total. The van der Waals surface area contributed by atoms with Crippen molar-refractivity contribution in [3.8, 4) is 0 Å². The Bertz CT molecular complexity index is 765. The zero-order chi connectivity index (χ0) is 14.1. The van der Waals surface area contributed by atoms with E-state index in [0.29, 0.717) is 0 Å². The van der Waals surface area contributed by atoms with Crippen molar-refractivity contribution in [3.63, 3.8) is 0 Å².